The first-order chi connectivity index (χ1) is 9.15. The van der Waals surface area contributed by atoms with E-state index in [9.17, 15) is 4.79 Å². The highest BCUT2D eigenvalue weighted by Gasteiger charge is 2.14. The number of thiazole rings is 1. The number of nitrogens with zero attached hydrogens (tertiary/aromatic N) is 3. The van der Waals surface area contributed by atoms with E-state index in [4.69, 9.17) is 5.73 Å². The summed E-state index contributed by atoms with van der Waals surface area (Å²) in [6, 6.07) is 5.78. The van der Waals surface area contributed by atoms with E-state index in [1.54, 1.807) is 6.20 Å². The Morgan fingerprint density at radius 3 is 2.84 bits per heavy atom. The molecule has 2 aromatic heterocycles. The van der Waals surface area contributed by atoms with Crippen molar-refractivity contribution < 1.29 is 4.79 Å². The Kier molecular flexibility index (Phi) is 2.72. The number of nitrogens with two attached hydrogens (primary N) is 1. The van der Waals surface area contributed by atoms with Crippen molar-refractivity contribution in [1.82, 2.24) is 15.0 Å². The molecule has 0 saturated carbocycles. The molecule has 0 aliphatic carbocycles. The molecule has 1 aromatic carbocycles. The number of aryl methyl sites for hydroxylation is 1. The molecule has 3 rings (SSSR count). The second-order valence-corrected chi connectivity index (χ2v) is 5.01. The van der Waals surface area contributed by atoms with Gasteiger partial charge in [-0.1, -0.05) is 11.6 Å². The molecule has 0 aliphatic rings. The molecule has 5 nitrogen and oxygen atoms in total. The van der Waals surface area contributed by atoms with Gasteiger partial charge in [0, 0.05) is 17.0 Å². The lowest BCUT2D eigenvalue weighted by Crippen LogP contribution is -2.15. The van der Waals surface area contributed by atoms with Gasteiger partial charge in [-0.15, -0.1) is 11.3 Å². The van der Waals surface area contributed by atoms with Crippen LogP contribution in [-0.4, -0.2) is 20.9 Å². The van der Waals surface area contributed by atoms with Crippen LogP contribution < -0.4 is 5.73 Å². The summed E-state index contributed by atoms with van der Waals surface area (Å²) >= 11 is 1.46. The molecule has 0 radical (unpaired) electrons. The summed E-state index contributed by atoms with van der Waals surface area (Å²) in [4.78, 5) is 24.0. The molecule has 94 valence electrons. The van der Waals surface area contributed by atoms with E-state index in [2.05, 4.69) is 15.0 Å². The Bertz CT molecular complexity index is 768. The first-order valence-electron chi connectivity index (χ1n) is 5.63. The minimum absolute atomic E-state index is 0.0153. The van der Waals surface area contributed by atoms with E-state index in [0.29, 0.717) is 11.2 Å². The molecular weight excluding hydrogens is 260 g/mol. The summed E-state index contributed by atoms with van der Waals surface area (Å²) in [5.74, 6) is -0.623. The molecule has 0 aliphatic heterocycles. The number of hydrogen-bond acceptors (Lipinski definition) is 5. The third-order valence-electron chi connectivity index (χ3n) is 2.71. The van der Waals surface area contributed by atoms with Crippen LogP contribution in [0.5, 0.6) is 0 Å². The van der Waals surface area contributed by atoms with Crippen molar-refractivity contribution >= 4 is 28.1 Å². The van der Waals surface area contributed by atoms with Gasteiger partial charge in [-0.05, 0) is 19.1 Å². The predicted octanol–water partition coefficient (Wildman–Crippen LogP) is 2.16. The number of benzene rings is 1. The van der Waals surface area contributed by atoms with Crippen LogP contribution in [0.25, 0.3) is 21.6 Å². The monoisotopic (exact) mass is 270 g/mol. The minimum atomic E-state index is -0.639. The normalized spacial score (nSPS) is 10.8. The lowest BCUT2D eigenvalue weighted by atomic mass is 10.1. The average molecular weight is 270 g/mol. The molecule has 19 heavy (non-hydrogen) atoms. The zero-order chi connectivity index (χ0) is 13.4. The van der Waals surface area contributed by atoms with Crippen molar-refractivity contribution in [2.75, 3.05) is 0 Å². The summed E-state index contributed by atoms with van der Waals surface area (Å²) in [6.07, 6.45) is 1.70. The average Bonchev–Trinajstić information content (AvgIpc) is 2.91. The van der Waals surface area contributed by atoms with Gasteiger partial charge in [-0.25, -0.2) is 15.0 Å². The van der Waals surface area contributed by atoms with Crippen molar-refractivity contribution in [3.63, 3.8) is 0 Å². The standard InChI is InChI=1S/C13H10N4OS/c1-7-2-3-9-8(6-7)10(13-15-4-5-19-13)17-12(16-9)11(14)18/h2-6H,1H3,(H2,14,18). The quantitative estimate of drug-likeness (QED) is 0.773. The first kappa shape index (κ1) is 11.7. The third-order valence-corrected chi connectivity index (χ3v) is 3.49. The maximum atomic E-state index is 11.3. The second-order valence-electron chi connectivity index (χ2n) is 4.12. The molecule has 6 heteroatoms. The van der Waals surface area contributed by atoms with Crippen molar-refractivity contribution in [3.8, 4) is 10.7 Å². The second kappa shape index (κ2) is 4.40. The van der Waals surface area contributed by atoms with E-state index in [-0.39, 0.29) is 5.82 Å². The van der Waals surface area contributed by atoms with Crippen molar-refractivity contribution in [3.05, 3.63) is 41.2 Å². The molecule has 0 saturated heterocycles. The predicted molar refractivity (Wildman–Crippen MR) is 73.9 cm³/mol. The minimum Gasteiger partial charge on any atom is -0.363 e. The molecule has 2 heterocycles. The fraction of sp³-hybridized carbons (Fsp3) is 0.0769. The molecule has 0 atom stereocenters. The van der Waals surface area contributed by atoms with Crippen molar-refractivity contribution in [2.24, 2.45) is 5.73 Å². The van der Waals surface area contributed by atoms with Crippen molar-refractivity contribution in [1.29, 1.82) is 0 Å². The van der Waals surface area contributed by atoms with Gasteiger partial charge in [0.15, 0.2) is 0 Å². The fourth-order valence-electron chi connectivity index (χ4n) is 1.86. The Hall–Kier alpha value is -2.34. The molecule has 2 N–H and O–H groups in total. The summed E-state index contributed by atoms with van der Waals surface area (Å²) in [5, 5.41) is 3.49. The van der Waals surface area contributed by atoms with E-state index in [1.165, 1.54) is 11.3 Å². The number of rotatable bonds is 2. The number of hydrogen-bond donors (Lipinski definition) is 1. The molecule has 1 amide bonds. The van der Waals surface area contributed by atoms with E-state index in [0.717, 1.165) is 16.0 Å². The van der Waals surface area contributed by atoms with Crippen LogP contribution in [0.4, 0.5) is 0 Å². The summed E-state index contributed by atoms with van der Waals surface area (Å²) in [5.41, 5.74) is 7.72. The topological polar surface area (TPSA) is 81.8 Å². The van der Waals surface area contributed by atoms with Crippen LogP contribution in [0.1, 0.15) is 16.2 Å². The highest BCUT2D eigenvalue weighted by atomic mass is 32.1. The molecule has 0 spiro atoms. The maximum Gasteiger partial charge on any atom is 0.286 e. The van der Waals surface area contributed by atoms with Crippen LogP contribution in [0.2, 0.25) is 0 Å². The number of fused-ring (bicyclic) bond motifs is 1. The maximum absolute atomic E-state index is 11.3. The van der Waals surface area contributed by atoms with Gasteiger partial charge in [-0.3, -0.25) is 4.79 Å². The van der Waals surface area contributed by atoms with Gasteiger partial charge >= 0.3 is 0 Å². The highest BCUT2D eigenvalue weighted by molar-refractivity contribution is 7.13. The Morgan fingerprint density at radius 2 is 2.16 bits per heavy atom. The highest BCUT2D eigenvalue weighted by Crippen LogP contribution is 2.28. The molecule has 0 fully saturated rings. The van der Waals surface area contributed by atoms with Gasteiger partial charge in [-0.2, -0.15) is 0 Å². The summed E-state index contributed by atoms with van der Waals surface area (Å²) in [7, 11) is 0. The van der Waals surface area contributed by atoms with Crippen molar-refractivity contribution in [2.45, 2.75) is 6.92 Å². The molecule has 0 unspecified atom stereocenters. The van der Waals surface area contributed by atoms with E-state index in [1.807, 2.05) is 30.5 Å². The fourth-order valence-corrected chi connectivity index (χ4v) is 2.50. The van der Waals surface area contributed by atoms with Gasteiger partial charge in [0.05, 0.1) is 5.52 Å². The van der Waals surface area contributed by atoms with Gasteiger partial charge < -0.3 is 5.73 Å². The van der Waals surface area contributed by atoms with Crippen LogP contribution in [-0.2, 0) is 0 Å². The van der Waals surface area contributed by atoms with Gasteiger partial charge in [0.1, 0.15) is 10.7 Å². The van der Waals surface area contributed by atoms with Gasteiger partial charge in [0.25, 0.3) is 5.91 Å². The number of aromatic nitrogens is 3. The smallest absolute Gasteiger partial charge is 0.286 e. The number of carbonyl (C=O) groups excluding carboxylic acids is 1. The summed E-state index contributed by atoms with van der Waals surface area (Å²) in [6.45, 7) is 1.99. The van der Waals surface area contributed by atoms with Crippen LogP contribution >= 0.6 is 11.3 Å². The van der Waals surface area contributed by atoms with E-state index < -0.39 is 5.91 Å². The molecule has 0 bridgehead atoms. The SMILES string of the molecule is Cc1ccc2nc(C(N)=O)nc(-c3nccs3)c2c1. The Morgan fingerprint density at radius 1 is 1.32 bits per heavy atom. The number of amides is 1. The Labute approximate surface area is 113 Å². The molecular formula is C13H10N4OS. The first-order valence-corrected chi connectivity index (χ1v) is 6.51. The largest absolute Gasteiger partial charge is 0.363 e. The van der Waals surface area contributed by atoms with E-state index >= 15 is 0 Å². The lowest BCUT2D eigenvalue weighted by Gasteiger charge is -2.05. The zero-order valence-corrected chi connectivity index (χ0v) is 10.9. The number of carbonyl (C=O) groups is 1. The lowest BCUT2D eigenvalue weighted by molar-refractivity contribution is 0.0991. The zero-order valence-electron chi connectivity index (χ0n) is 10.1. The number of primary amides is 1. The van der Waals surface area contributed by atoms with Crippen LogP contribution in [0, 0.1) is 6.92 Å². The van der Waals surface area contributed by atoms with Gasteiger partial charge in [0.2, 0.25) is 5.82 Å². The van der Waals surface area contributed by atoms with Crippen LogP contribution in [0.3, 0.4) is 0 Å². The molecule has 3 aromatic rings. The Balaban J connectivity index is 2.39. The third kappa shape index (κ3) is 2.06. The van der Waals surface area contributed by atoms with Crippen LogP contribution in [0.15, 0.2) is 29.8 Å². The summed E-state index contributed by atoms with van der Waals surface area (Å²) < 4.78 is 0.